The maximum atomic E-state index is 9.66. The van der Waals surface area contributed by atoms with Crippen molar-refractivity contribution in [1.82, 2.24) is 0 Å². The van der Waals surface area contributed by atoms with E-state index in [0.29, 0.717) is 11.7 Å². The Hall–Kier alpha value is -0.460. The van der Waals surface area contributed by atoms with Crippen molar-refractivity contribution in [2.24, 2.45) is 5.92 Å². The molecule has 0 amide bonds. The topological polar surface area (TPSA) is 20.2 Å². The molecule has 0 saturated carbocycles. The molecule has 1 nitrogen and oxygen atoms in total. The fraction of sp³-hybridized carbons (Fsp3) is 0.889. The largest absolute Gasteiger partial charge is 0.513 e. The predicted molar refractivity (Wildman–Crippen MR) is 86.6 cm³/mol. The van der Waals surface area contributed by atoms with Crippen molar-refractivity contribution >= 4 is 0 Å². The summed E-state index contributed by atoms with van der Waals surface area (Å²) < 4.78 is 0. The molecule has 0 fully saturated rings. The van der Waals surface area contributed by atoms with Crippen molar-refractivity contribution in [3.8, 4) is 0 Å². The van der Waals surface area contributed by atoms with Crippen LogP contribution in [-0.2, 0) is 0 Å². The SMILES string of the molecule is C=C(O)C(CCCCCCC)CCCCCCCC. The Morgan fingerprint density at radius 2 is 1.11 bits per heavy atom. The van der Waals surface area contributed by atoms with Gasteiger partial charge in [0.2, 0.25) is 0 Å². The normalized spacial score (nSPS) is 12.5. The van der Waals surface area contributed by atoms with Gasteiger partial charge in [-0.3, -0.25) is 0 Å². The minimum Gasteiger partial charge on any atom is -0.513 e. The highest BCUT2D eigenvalue weighted by atomic mass is 16.3. The average Bonchev–Trinajstić information content (AvgIpc) is 2.39. The number of hydrogen-bond acceptors (Lipinski definition) is 1. The van der Waals surface area contributed by atoms with Crippen LogP contribution < -0.4 is 0 Å². The van der Waals surface area contributed by atoms with Gasteiger partial charge in [0.1, 0.15) is 0 Å². The first-order valence-corrected chi connectivity index (χ1v) is 8.60. The number of aliphatic hydroxyl groups excluding tert-OH is 1. The minimum absolute atomic E-state index is 0.354. The van der Waals surface area contributed by atoms with Gasteiger partial charge in [0, 0.05) is 5.92 Å². The average molecular weight is 268 g/mol. The van der Waals surface area contributed by atoms with Crippen LogP contribution in [0.2, 0.25) is 0 Å². The zero-order valence-electron chi connectivity index (χ0n) is 13.4. The van der Waals surface area contributed by atoms with Gasteiger partial charge >= 0.3 is 0 Å². The fourth-order valence-corrected chi connectivity index (χ4v) is 2.64. The van der Waals surface area contributed by atoms with E-state index in [1.165, 1.54) is 70.6 Å². The van der Waals surface area contributed by atoms with E-state index in [4.69, 9.17) is 0 Å². The summed E-state index contributed by atoms with van der Waals surface area (Å²) in [5.41, 5.74) is 0. The Morgan fingerprint density at radius 3 is 1.47 bits per heavy atom. The summed E-state index contributed by atoms with van der Waals surface area (Å²) in [4.78, 5) is 0. The molecular formula is C18H36O. The highest BCUT2D eigenvalue weighted by molar-refractivity contribution is 4.88. The van der Waals surface area contributed by atoms with Crippen molar-refractivity contribution in [2.75, 3.05) is 0 Å². The lowest BCUT2D eigenvalue weighted by atomic mass is 9.93. The van der Waals surface area contributed by atoms with E-state index in [1.807, 2.05) is 0 Å². The minimum atomic E-state index is 0.354. The lowest BCUT2D eigenvalue weighted by molar-refractivity contribution is 0.298. The lowest BCUT2D eigenvalue weighted by Crippen LogP contribution is -2.03. The smallest absolute Gasteiger partial charge is 0.0881 e. The zero-order valence-corrected chi connectivity index (χ0v) is 13.4. The number of aliphatic hydroxyl groups is 1. The van der Waals surface area contributed by atoms with Crippen LogP contribution in [0.25, 0.3) is 0 Å². The molecule has 0 bridgehead atoms. The first-order valence-electron chi connectivity index (χ1n) is 8.60. The van der Waals surface area contributed by atoms with Crippen LogP contribution >= 0.6 is 0 Å². The molecule has 0 aromatic heterocycles. The van der Waals surface area contributed by atoms with Gasteiger partial charge < -0.3 is 5.11 Å². The van der Waals surface area contributed by atoms with E-state index in [2.05, 4.69) is 20.4 Å². The summed E-state index contributed by atoms with van der Waals surface area (Å²) >= 11 is 0. The van der Waals surface area contributed by atoms with Crippen LogP contribution in [0.1, 0.15) is 97.3 Å². The number of hydrogen-bond donors (Lipinski definition) is 1. The molecule has 1 atom stereocenters. The number of unbranched alkanes of at least 4 members (excludes halogenated alkanes) is 9. The number of allylic oxidation sites excluding steroid dienone is 1. The van der Waals surface area contributed by atoms with E-state index in [-0.39, 0.29) is 0 Å². The molecule has 0 heterocycles. The van der Waals surface area contributed by atoms with Gasteiger partial charge in [0.05, 0.1) is 5.76 Å². The van der Waals surface area contributed by atoms with Crippen LogP contribution in [0.3, 0.4) is 0 Å². The highest BCUT2D eigenvalue weighted by Gasteiger charge is 2.11. The monoisotopic (exact) mass is 268 g/mol. The molecule has 1 unspecified atom stereocenters. The maximum absolute atomic E-state index is 9.66. The third kappa shape index (κ3) is 12.3. The molecule has 0 aromatic rings. The summed E-state index contributed by atoms with van der Waals surface area (Å²) in [6.07, 6.45) is 16.8. The van der Waals surface area contributed by atoms with Gasteiger partial charge in [-0.1, -0.05) is 91.1 Å². The maximum Gasteiger partial charge on any atom is 0.0881 e. The van der Waals surface area contributed by atoms with Gasteiger partial charge in [0.25, 0.3) is 0 Å². The Balaban J connectivity index is 3.54. The summed E-state index contributed by atoms with van der Waals surface area (Å²) in [7, 11) is 0. The Kier molecular flexibility index (Phi) is 13.6. The van der Waals surface area contributed by atoms with Gasteiger partial charge in [-0.2, -0.15) is 0 Å². The van der Waals surface area contributed by atoms with Gasteiger partial charge in [-0.05, 0) is 12.8 Å². The summed E-state index contributed by atoms with van der Waals surface area (Å²) in [6, 6.07) is 0. The molecule has 0 saturated heterocycles. The van der Waals surface area contributed by atoms with Crippen LogP contribution in [-0.4, -0.2) is 5.11 Å². The van der Waals surface area contributed by atoms with Crippen molar-refractivity contribution in [3.63, 3.8) is 0 Å². The molecule has 1 heteroatoms. The van der Waals surface area contributed by atoms with E-state index < -0.39 is 0 Å². The second kappa shape index (κ2) is 14.0. The molecule has 0 spiro atoms. The Bertz CT molecular complexity index is 198. The van der Waals surface area contributed by atoms with Crippen LogP contribution in [0.4, 0.5) is 0 Å². The molecule has 1 N–H and O–H groups in total. The van der Waals surface area contributed by atoms with Gasteiger partial charge in [0.15, 0.2) is 0 Å². The molecule has 0 aliphatic rings. The van der Waals surface area contributed by atoms with Crippen molar-refractivity contribution < 1.29 is 5.11 Å². The second-order valence-electron chi connectivity index (χ2n) is 5.95. The molecule has 114 valence electrons. The van der Waals surface area contributed by atoms with Gasteiger partial charge in [-0.15, -0.1) is 0 Å². The second-order valence-corrected chi connectivity index (χ2v) is 5.95. The predicted octanol–water partition coefficient (Wildman–Crippen LogP) is 6.79. The molecule has 0 aliphatic heterocycles. The standard InChI is InChI=1S/C18H36O/c1-4-6-8-10-12-14-16-18(17(3)19)15-13-11-9-7-5-2/h18-19H,3-16H2,1-2H3. The molecule has 0 aliphatic carbocycles. The summed E-state index contributed by atoms with van der Waals surface area (Å²) in [5.74, 6) is 0.775. The Morgan fingerprint density at radius 1 is 0.737 bits per heavy atom. The molecule has 19 heavy (non-hydrogen) atoms. The molecular weight excluding hydrogens is 232 g/mol. The molecule has 0 aromatic carbocycles. The van der Waals surface area contributed by atoms with E-state index >= 15 is 0 Å². The van der Waals surface area contributed by atoms with Crippen molar-refractivity contribution in [1.29, 1.82) is 0 Å². The molecule has 0 radical (unpaired) electrons. The fourth-order valence-electron chi connectivity index (χ4n) is 2.64. The zero-order chi connectivity index (χ0) is 14.3. The van der Waals surface area contributed by atoms with Crippen LogP contribution in [0, 0.1) is 5.92 Å². The summed E-state index contributed by atoms with van der Waals surface area (Å²) in [5, 5.41) is 9.66. The van der Waals surface area contributed by atoms with Crippen LogP contribution in [0.15, 0.2) is 12.3 Å². The quantitative estimate of drug-likeness (QED) is 0.272. The first kappa shape index (κ1) is 18.5. The Labute approximate surface area is 121 Å². The third-order valence-corrected chi connectivity index (χ3v) is 4.03. The van der Waals surface area contributed by atoms with Crippen LogP contribution in [0.5, 0.6) is 0 Å². The van der Waals surface area contributed by atoms with E-state index in [0.717, 1.165) is 12.8 Å². The van der Waals surface area contributed by atoms with E-state index in [1.54, 1.807) is 0 Å². The number of rotatable bonds is 14. The highest BCUT2D eigenvalue weighted by Crippen LogP contribution is 2.23. The van der Waals surface area contributed by atoms with Crippen molar-refractivity contribution in [3.05, 3.63) is 12.3 Å². The van der Waals surface area contributed by atoms with Crippen molar-refractivity contribution in [2.45, 2.75) is 97.3 Å². The third-order valence-electron chi connectivity index (χ3n) is 4.03. The first-order chi connectivity index (χ1) is 9.22. The lowest BCUT2D eigenvalue weighted by Gasteiger charge is -2.15. The van der Waals surface area contributed by atoms with Gasteiger partial charge in [-0.25, -0.2) is 0 Å². The molecule has 0 rings (SSSR count). The summed E-state index contributed by atoms with van der Waals surface area (Å²) in [6.45, 7) is 8.26. The van der Waals surface area contributed by atoms with E-state index in [9.17, 15) is 5.11 Å².